The van der Waals surface area contributed by atoms with Crippen LogP contribution in [0.25, 0.3) is 0 Å². The fourth-order valence-electron chi connectivity index (χ4n) is 2.59. The van der Waals surface area contributed by atoms with E-state index in [1.54, 1.807) is 0 Å². The third-order valence-corrected chi connectivity index (χ3v) is 4.63. The van der Waals surface area contributed by atoms with Gasteiger partial charge in [-0.05, 0) is 23.8 Å². The minimum absolute atomic E-state index is 0.626. The number of rotatable bonds is 3. The molecule has 5 heteroatoms. The lowest BCUT2D eigenvalue weighted by Crippen LogP contribution is -2.46. The predicted molar refractivity (Wildman–Crippen MR) is 88.2 cm³/mol. The standard InChI is InChI=1S/C16H17Cl2N3/c17-14-5-3-4-13(16(14)18)12-20-8-10-21(11-9-20)15-6-1-2-7-19-15/h1-7H,8-12H2. The molecule has 1 fully saturated rings. The van der Waals surface area contributed by atoms with Gasteiger partial charge in [-0.15, -0.1) is 0 Å². The van der Waals surface area contributed by atoms with Gasteiger partial charge in [0.25, 0.3) is 0 Å². The van der Waals surface area contributed by atoms with Crippen molar-refractivity contribution in [1.29, 1.82) is 0 Å². The molecule has 21 heavy (non-hydrogen) atoms. The van der Waals surface area contributed by atoms with Crippen LogP contribution in [0.15, 0.2) is 42.6 Å². The lowest BCUT2D eigenvalue weighted by Gasteiger charge is -2.35. The molecule has 0 unspecified atom stereocenters. The first-order chi connectivity index (χ1) is 10.2. The normalized spacial score (nSPS) is 16.2. The fraction of sp³-hybridized carbons (Fsp3) is 0.312. The number of hydrogen-bond donors (Lipinski definition) is 0. The van der Waals surface area contributed by atoms with Gasteiger partial charge in [0.15, 0.2) is 0 Å². The maximum Gasteiger partial charge on any atom is 0.128 e. The average molecular weight is 322 g/mol. The first-order valence-corrected chi connectivity index (χ1v) is 7.81. The van der Waals surface area contributed by atoms with Gasteiger partial charge in [-0.3, -0.25) is 4.90 Å². The van der Waals surface area contributed by atoms with Crippen LogP contribution in [0, 0.1) is 0 Å². The highest BCUT2D eigenvalue weighted by Crippen LogP contribution is 2.27. The lowest BCUT2D eigenvalue weighted by molar-refractivity contribution is 0.249. The van der Waals surface area contributed by atoms with Crippen molar-refractivity contribution in [1.82, 2.24) is 9.88 Å². The Morgan fingerprint density at radius 1 is 0.952 bits per heavy atom. The van der Waals surface area contributed by atoms with Crippen LogP contribution in [-0.2, 0) is 6.54 Å². The Hall–Kier alpha value is -1.29. The molecule has 0 spiro atoms. The van der Waals surface area contributed by atoms with E-state index in [0.29, 0.717) is 10.0 Å². The minimum Gasteiger partial charge on any atom is -0.354 e. The molecule has 0 N–H and O–H groups in total. The van der Waals surface area contributed by atoms with E-state index in [9.17, 15) is 0 Å². The molecule has 3 rings (SSSR count). The second-order valence-electron chi connectivity index (χ2n) is 5.16. The van der Waals surface area contributed by atoms with Crippen LogP contribution in [0.3, 0.4) is 0 Å². The summed E-state index contributed by atoms with van der Waals surface area (Å²) in [7, 11) is 0. The molecule has 0 atom stereocenters. The second kappa shape index (κ2) is 6.65. The van der Waals surface area contributed by atoms with Gasteiger partial charge in [-0.25, -0.2) is 4.98 Å². The van der Waals surface area contributed by atoms with E-state index >= 15 is 0 Å². The SMILES string of the molecule is Clc1cccc(CN2CCN(c3ccccn3)CC2)c1Cl. The van der Waals surface area contributed by atoms with Crippen LogP contribution >= 0.6 is 23.2 Å². The Morgan fingerprint density at radius 3 is 2.48 bits per heavy atom. The lowest BCUT2D eigenvalue weighted by atomic mass is 10.2. The molecule has 1 aromatic carbocycles. The van der Waals surface area contributed by atoms with Crippen molar-refractivity contribution in [2.75, 3.05) is 31.1 Å². The summed E-state index contributed by atoms with van der Waals surface area (Å²) in [5, 5.41) is 1.30. The maximum absolute atomic E-state index is 6.26. The molecule has 0 bridgehead atoms. The number of benzene rings is 1. The number of piperazine rings is 1. The summed E-state index contributed by atoms with van der Waals surface area (Å²) >= 11 is 12.3. The van der Waals surface area contributed by atoms with Gasteiger partial charge in [-0.1, -0.05) is 41.4 Å². The molecule has 0 aliphatic carbocycles. The van der Waals surface area contributed by atoms with Crippen molar-refractivity contribution in [2.45, 2.75) is 6.54 Å². The number of pyridine rings is 1. The summed E-state index contributed by atoms with van der Waals surface area (Å²) in [5.74, 6) is 1.05. The van der Waals surface area contributed by atoms with Crippen molar-refractivity contribution in [3.05, 3.63) is 58.2 Å². The van der Waals surface area contributed by atoms with Gasteiger partial charge in [-0.2, -0.15) is 0 Å². The Labute approximate surface area is 135 Å². The van der Waals surface area contributed by atoms with E-state index < -0.39 is 0 Å². The average Bonchev–Trinajstić information content (AvgIpc) is 2.53. The van der Waals surface area contributed by atoms with Gasteiger partial charge in [0.2, 0.25) is 0 Å². The zero-order chi connectivity index (χ0) is 14.7. The summed E-state index contributed by atoms with van der Waals surface area (Å²) in [4.78, 5) is 9.12. The van der Waals surface area contributed by atoms with E-state index in [1.165, 1.54) is 0 Å². The summed E-state index contributed by atoms with van der Waals surface area (Å²) in [6.45, 7) is 4.80. The van der Waals surface area contributed by atoms with Crippen LogP contribution in [0.1, 0.15) is 5.56 Å². The van der Waals surface area contributed by atoms with Crippen molar-refractivity contribution < 1.29 is 0 Å². The predicted octanol–water partition coefficient (Wildman–Crippen LogP) is 3.71. The maximum atomic E-state index is 6.26. The van der Waals surface area contributed by atoms with E-state index in [0.717, 1.165) is 44.1 Å². The number of anilines is 1. The molecule has 3 nitrogen and oxygen atoms in total. The molecule has 110 valence electrons. The highest BCUT2D eigenvalue weighted by molar-refractivity contribution is 6.42. The molecule has 1 aliphatic heterocycles. The third-order valence-electron chi connectivity index (χ3n) is 3.77. The molecular formula is C16H17Cl2N3. The quantitative estimate of drug-likeness (QED) is 0.859. The summed E-state index contributed by atoms with van der Waals surface area (Å²) in [6.07, 6.45) is 1.84. The molecule has 1 aliphatic rings. The Morgan fingerprint density at radius 2 is 1.76 bits per heavy atom. The summed E-state index contributed by atoms with van der Waals surface area (Å²) < 4.78 is 0. The number of halogens is 2. The second-order valence-corrected chi connectivity index (χ2v) is 5.95. The van der Waals surface area contributed by atoms with E-state index in [1.807, 2.05) is 36.5 Å². The smallest absolute Gasteiger partial charge is 0.128 e. The fourth-order valence-corrected chi connectivity index (χ4v) is 2.97. The third kappa shape index (κ3) is 3.49. The minimum atomic E-state index is 0.626. The molecule has 2 aromatic rings. The molecule has 1 saturated heterocycles. The van der Waals surface area contributed by atoms with Crippen LogP contribution in [0.2, 0.25) is 10.0 Å². The molecule has 0 saturated carbocycles. The largest absolute Gasteiger partial charge is 0.354 e. The van der Waals surface area contributed by atoms with Crippen molar-refractivity contribution >= 4 is 29.0 Å². The monoisotopic (exact) mass is 321 g/mol. The Kier molecular flexibility index (Phi) is 4.63. The summed E-state index contributed by atoms with van der Waals surface area (Å²) in [5.41, 5.74) is 1.09. The Balaban J connectivity index is 1.60. The van der Waals surface area contributed by atoms with Gasteiger partial charge in [0.1, 0.15) is 5.82 Å². The van der Waals surface area contributed by atoms with Crippen molar-refractivity contribution in [3.8, 4) is 0 Å². The van der Waals surface area contributed by atoms with E-state index in [2.05, 4.69) is 20.9 Å². The zero-order valence-corrected chi connectivity index (χ0v) is 13.2. The van der Waals surface area contributed by atoms with Gasteiger partial charge < -0.3 is 4.90 Å². The summed E-state index contributed by atoms with van der Waals surface area (Å²) in [6, 6.07) is 11.9. The first kappa shape index (κ1) is 14.6. The van der Waals surface area contributed by atoms with Crippen LogP contribution in [0.5, 0.6) is 0 Å². The highest BCUT2D eigenvalue weighted by Gasteiger charge is 2.18. The number of nitrogens with zero attached hydrogens (tertiary/aromatic N) is 3. The van der Waals surface area contributed by atoms with Gasteiger partial charge in [0.05, 0.1) is 10.0 Å². The topological polar surface area (TPSA) is 19.4 Å². The number of aromatic nitrogens is 1. The molecular weight excluding hydrogens is 305 g/mol. The van der Waals surface area contributed by atoms with Crippen molar-refractivity contribution in [2.24, 2.45) is 0 Å². The molecule has 0 radical (unpaired) electrons. The van der Waals surface area contributed by atoms with Crippen LogP contribution in [-0.4, -0.2) is 36.1 Å². The van der Waals surface area contributed by atoms with Gasteiger partial charge in [0, 0.05) is 38.9 Å². The van der Waals surface area contributed by atoms with Crippen molar-refractivity contribution in [3.63, 3.8) is 0 Å². The van der Waals surface area contributed by atoms with E-state index in [4.69, 9.17) is 23.2 Å². The number of hydrogen-bond acceptors (Lipinski definition) is 3. The Bertz CT molecular complexity index is 596. The zero-order valence-electron chi connectivity index (χ0n) is 11.7. The van der Waals surface area contributed by atoms with Crippen LogP contribution < -0.4 is 4.90 Å². The highest BCUT2D eigenvalue weighted by atomic mass is 35.5. The first-order valence-electron chi connectivity index (χ1n) is 7.05. The van der Waals surface area contributed by atoms with Crippen LogP contribution in [0.4, 0.5) is 5.82 Å². The molecule has 1 aromatic heterocycles. The molecule has 2 heterocycles. The van der Waals surface area contributed by atoms with Gasteiger partial charge >= 0.3 is 0 Å². The molecule has 0 amide bonds. The van der Waals surface area contributed by atoms with E-state index in [-0.39, 0.29) is 0 Å².